The zero-order valence-corrected chi connectivity index (χ0v) is 16.8. The maximum atomic E-state index is 12.8. The van der Waals surface area contributed by atoms with Gasteiger partial charge in [0, 0.05) is 11.4 Å². The molecular weight excluding hydrogens is 381 g/mol. The molecule has 0 aromatic heterocycles. The number of ether oxygens (including phenoxy) is 2. The molecule has 2 aromatic rings. The summed E-state index contributed by atoms with van der Waals surface area (Å²) in [5.74, 6) is -0.188. The highest BCUT2D eigenvalue weighted by atomic mass is 32.2. The highest BCUT2D eigenvalue weighted by Gasteiger charge is 2.18. The Morgan fingerprint density at radius 2 is 1.82 bits per heavy atom. The number of rotatable bonds is 10. The number of hydrogen-bond donors (Lipinski definition) is 1. The average Bonchev–Trinajstić information content (AvgIpc) is 2.71. The van der Waals surface area contributed by atoms with E-state index in [1.54, 1.807) is 31.2 Å². The highest BCUT2D eigenvalue weighted by molar-refractivity contribution is 8.00. The van der Waals surface area contributed by atoms with Crippen molar-refractivity contribution in [3.05, 3.63) is 59.9 Å². The second-order valence-electron chi connectivity index (χ2n) is 6.04. The standard InChI is InChI=1S/C21H24FNO4S/c1-15(21(25)26-2)28-19-8-4-3-7-18(19)20(24)23-13-5-6-14-27-17-11-9-16(22)10-12-17/h3-4,7-12,15H,5-6,13-14H2,1-2H3,(H,23,24). The summed E-state index contributed by atoms with van der Waals surface area (Å²) in [4.78, 5) is 24.8. The number of amides is 1. The van der Waals surface area contributed by atoms with E-state index in [2.05, 4.69) is 5.32 Å². The van der Waals surface area contributed by atoms with Crippen LogP contribution < -0.4 is 10.1 Å². The number of methoxy groups -OCH3 is 1. The molecule has 0 bridgehead atoms. The van der Waals surface area contributed by atoms with Crippen LogP contribution >= 0.6 is 11.8 Å². The molecule has 1 unspecified atom stereocenters. The molecule has 1 amide bonds. The van der Waals surface area contributed by atoms with Gasteiger partial charge in [-0.15, -0.1) is 11.8 Å². The summed E-state index contributed by atoms with van der Waals surface area (Å²) in [7, 11) is 1.35. The molecule has 2 aromatic carbocycles. The molecule has 0 fully saturated rings. The third-order valence-corrected chi connectivity index (χ3v) is 5.06. The van der Waals surface area contributed by atoms with Gasteiger partial charge in [0.15, 0.2) is 0 Å². The number of thioether (sulfide) groups is 1. The third kappa shape index (κ3) is 6.88. The lowest BCUT2D eigenvalue weighted by atomic mass is 10.2. The number of hydrogen-bond acceptors (Lipinski definition) is 5. The molecule has 0 saturated heterocycles. The zero-order valence-electron chi connectivity index (χ0n) is 15.9. The van der Waals surface area contributed by atoms with Crippen molar-refractivity contribution in [2.45, 2.75) is 29.9 Å². The van der Waals surface area contributed by atoms with Gasteiger partial charge in [0.2, 0.25) is 0 Å². The lowest BCUT2D eigenvalue weighted by Gasteiger charge is -2.13. The van der Waals surface area contributed by atoms with E-state index in [9.17, 15) is 14.0 Å². The van der Waals surface area contributed by atoms with E-state index >= 15 is 0 Å². The summed E-state index contributed by atoms with van der Waals surface area (Å²) >= 11 is 1.30. The minimum Gasteiger partial charge on any atom is -0.494 e. The van der Waals surface area contributed by atoms with Crippen LogP contribution in [-0.4, -0.2) is 37.4 Å². The molecule has 0 saturated carbocycles. The van der Waals surface area contributed by atoms with E-state index in [1.807, 2.05) is 12.1 Å². The Labute approximate surface area is 168 Å². The SMILES string of the molecule is COC(=O)C(C)Sc1ccccc1C(=O)NCCCCOc1ccc(F)cc1. The number of esters is 1. The first-order valence-corrected chi connectivity index (χ1v) is 9.89. The molecule has 0 spiro atoms. The second kappa shape index (κ2) is 11.3. The Kier molecular flexibility index (Phi) is 8.81. The van der Waals surface area contributed by atoms with Crippen molar-refractivity contribution in [3.8, 4) is 5.75 Å². The van der Waals surface area contributed by atoms with Crippen LogP contribution in [0.25, 0.3) is 0 Å². The van der Waals surface area contributed by atoms with Crippen molar-refractivity contribution in [2.75, 3.05) is 20.3 Å². The Hall–Kier alpha value is -2.54. The van der Waals surface area contributed by atoms with Crippen molar-refractivity contribution in [3.63, 3.8) is 0 Å². The molecule has 28 heavy (non-hydrogen) atoms. The van der Waals surface area contributed by atoms with Crippen molar-refractivity contribution in [1.82, 2.24) is 5.32 Å². The van der Waals surface area contributed by atoms with E-state index in [0.717, 1.165) is 17.7 Å². The Balaban J connectivity index is 1.75. The maximum absolute atomic E-state index is 12.8. The van der Waals surface area contributed by atoms with Crippen LogP contribution in [0.4, 0.5) is 4.39 Å². The fourth-order valence-electron chi connectivity index (χ4n) is 2.41. The smallest absolute Gasteiger partial charge is 0.318 e. The lowest BCUT2D eigenvalue weighted by molar-refractivity contribution is -0.139. The van der Waals surface area contributed by atoms with E-state index in [-0.39, 0.29) is 17.7 Å². The number of nitrogens with one attached hydrogen (secondary N) is 1. The molecule has 0 heterocycles. The minimum atomic E-state index is -0.400. The summed E-state index contributed by atoms with van der Waals surface area (Å²) in [6.45, 7) is 2.74. The topological polar surface area (TPSA) is 64.6 Å². The monoisotopic (exact) mass is 405 g/mol. The first-order chi connectivity index (χ1) is 13.5. The predicted molar refractivity (Wildman–Crippen MR) is 107 cm³/mol. The predicted octanol–water partition coefficient (Wildman–Crippen LogP) is 4.07. The fraction of sp³-hybridized carbons (Fsp3) is 0.333. The Bertz CT molecular complexity index is 782. The molecule has 7 heteroatoms. The fourth-order valence-corrected chi connectivity index (χ4v) is 3.42. The molecule has 0 aliphatic rings. The van der Waals surface area contributed by atoms with Gasteiger partial charge in [-0.05, 0) is 56.2 Å². The van der Waals surface area contributed by atoms with Crippen molar-refractivity contribution in [1.29, 1.82) is 0 Å². The van der Waals surface area contributed by atoms with Gasteiger partial charge in [-0.25, -0.2) is 4.39 Å². The van der Waals surface area contributed by atoms with Gasteiger partial charge in [-0.3, -0.25) is 9.59 Å². The lowest BCUT2D eigenvalue weighted by Crippen LogP contribution is -2.25. The van der Waals surface area contributed by atoms with E-state index in [1.165, 1.54) is 31.0 Å². The first kappa shape index (κ1) is 21.8. The van der Waals surface area contributed by atoms with Crippen molar-refractivity contribution < 1.29 is 23.5 Å². The molecule has 150 valence electrons. The van der Waals surface area contributed by atoms with Crippen LogP contribution in [0.15, 0.2) is 53.4 Å². The van der Waals surface area contributed by atoms with Crippen LogP contribution in [-0.2, 0) is 9.53 Å². The highest BCUT2D eigenvalue weighted by Crippen LogP contribution is 2.27. The molecule has 2 rings (SSSR count). The zero-order chi connectivity index (χ0) is 20.4. The van der Waals surface area contributed by atoms with Gasteiger partial charge in [-0.2, -0.15) is 0 Å². The molecule has 0 aliphatic heterocycles. The van der Waals surface area contributed by atoms with Crippen LogP contribution in [0.1, 0.15) is 30.1 Å². The van der Waals surface area contributed by atoms with E-state index < -0.39 is 5.25 Å². The van der Waals surface area contributed by atoms with Crippen molar-refractivity contribution >= 4 is 23.6 Å². The number of carbonyl (C=O) groups is 2. The quantitative estimate of drug-likeness (QED) is 0.367. The summed E-state index contributed by atoms with van der Waals surface area (Å²) in [6, 6.07) is 13.0. The Morgan fingerprint density at radius 1 is 1.11 bits per heavy atom. The van der Waals surface area contributed by atoms with E-state index in [4.69, 9.17) is 9.47 Å². The number of halogens is 1. The first-order valence-electron chi connectivity index (χ1n) is 9.01. The molecule has 0 aliphatic carbocycles. The van der Waals surface area contributed by atoms with Crippen LogP contribution in [0.3, 0.4) is 0 Å². The van der Waals surface area contributed by atoms with Gasteiger partial charge < -0.3 is 14.8 Å². The van der Waals surface area contributed by atoms with Gasteiger partial charge in [-0.1, -0.05) is 12.1 Å². The number of carbonyl (C=O) groups excluding carboxylic acids is 2. The normalized spacial score (nSPS) is 11.5. The van der Waals surface area contributed by atoms with Gasteiger partial charge in [0.25, 0.3) is 5.91 Å². The molecular formula is C21H24FNO4S. The summed E-state index contributed by atoms with van der Waals surface area (Å²) in [5.41, 5.74) is 0.533. The molecule has 1 N–H and O–H groups in total. The van der Waals surface area contributed by atoms with Crippen LogP contribution in [0, 0.1) is 5.82 Å². The molecule has 0 radical (unpaired) electrons. The number of unbranched alkanes of at least 4 members (excludes halogenated alkanes) is 1. The van der Waals surface area contributed by atoms with E-state index in [0.29, 0.717) is 24.5 Å². The van der Waals surface area contributed by atoms with Crippen LogP contribution in [0.5, 0.6) is 5.75 Å². The molecule has 5 nitrogen and oxygen atoms in total. The summed E-state index contributed by atoms with van der Waals surface area (Å²) in [6.07, 6.45) is 1.51. The van der Waals surface area contributed by atoms with Crippen molar-refractivity contribution in [2.24, 2.45) is 0 Å². The summed E-state index contributed by atoms with van der Waals surface area (Å²) < 4.78 is 23.1. The number of benzene rings is 2. The summed E-state index contributed by atoms with van der Waals surface area (Å²) in [5, 5.41) is 2.49. The van der Waals surface area contributed by atoms with Gasteiger partial charge in [0.1, 0.15) is 16.8 Å². The van der Waals surface area contributed by atoms with Crippen LogP contribution in [0.2, 0.25) is 0 Å². The average molecular weight is 405 g/mol. The molecule has 1 atom stereocenters. The Morgan fingerprint density at radius 3 is 2.54 bits per heavy atom. The van der Waals surface area contributed by atoms with Gasteiger partial charge >= 0.3 is 5.97 Å². The minimum absolute atomic E-state index is 0.181. The largest absolute Gasteiger partial charge is 0.494 e. The van der Waals surface area contributed by atoms with Gasteiger partial charge in [0.05, 0.1) is 19.3 Å². The second-order valence-corrected chi connectivity index (χ2v) is 7.43. The third-order valence-electron chi connectivity index (χ3n) is 3.91. The maximum Gasteiger partial charge on any atom is 0.318 e.